The van der Waals surface area contributed by atoms with Crippen LogP contribution in [0.5, 0.6) is 5.75 Å². The summed E-state index contributed by atoms with van der Waals surface area (Å²) in [5.41, 5.74) is 1.06. The van der Waals surface area contributed by atoms with E-state index in [1.165, 1.54) is 4.90 Å². The van der Waals surface area contributed by atoms with Crippen molar-refractivity contribution in [3.05, 3.63) is 29.8 Å². The molecule has 2 rings (SSSR count). The first-order valence-electron chi connectivity index (χ1n) is 5.89. The van der Waals surface area contributed by atoms with E-state index in [1.54, 1.807) is 6.07 Å². The third-order valence-corrected chi connectivity index (χ3v) is 2.96. The van der Waals surface area contributed by atoms with Crippen LogP contribution in [0.3, 0.4) is 0 Å². The van der Waals surface area contributed by atoms with Gasteiger partial charge in [-0.2, -0.15) is 0 Å². The van der Waals surface area contributed by atoms with Gasteiger partial charge in [-0.3, -0.25) is 4.79 Å². The fraction of sp³-hybridized carbons (Fsp3) is 0.462. The standard InChI is InChI=1S/C13H17NO4/c1-9-3-2-4-10(5-9)18-8-13(17)14-6-11(15)12(16)7-14/h2-5,11-12,15-16H,6-8H2,1H3. The summed E-state index contributed by atoms with van der Waals surface area (Å²) in [6.45, 7) is 2.19. The van der Waals surface area contributed by atoms with Crippen molar-refractivity contribution in [3.8, 4) is 5.75 Å². The molecule has 0 spiro atoms. The van der Waals surface area contributed by atoms with Crippen LogP contribution in [0.1, 0.15) is 5.56 Å². The van der Waals surface area contributed by atoms with E-state index in [2.05, 4.69) is 0 Å². The number of carbonyl (C=O) groups is 1. The van der Waals surface area contributed by atoms with E-state index in [4.69, 9.17) is 4.74 Å². The summed E-state index contributed by atoms with van der Waals surface area (Å²) in [5.74, 6) is 0.413. The summed E-state index contributed by atoms with van der Waals surface area (Å²) in [6.07, 6.45) is -1.71. The lowest BCUT2D eigenvalue weighted by Crippen LogP contribution is -2.33. The van der Waals surface area contributed by atoms with Crippen LogP contribution in [-0.4, -0.2) is 52.9 Å². The van der Waals surface area contributed by atoms with Gasteiger partial charge in [0.15, 0.2) is 6.61 Å². The Hall–Kier alpha value is -1.59. The highest BCUT2D eigenvalue weighted by Gasteiger charge is 2.32. The molecule has 0 saturated carbocycles. The molecule has 18 heavy (non-hydrogen) atoms. The molecule has 0 bridgehead atoms. The molecule has 1 aromatic rings. The summed E-state index contributed by atoms with van der Waals surface area (Å²) in [5, 5.41) is 18.7. The quantitative estimate of drug-likeness (QED) is 0.789. The SMILES string of the molecule is Cc1cccc(OCC(=O)N2CC(O)C(O)C2)c1. The number of aliphatic hydroxyl groups is 2. The predicted molar refractivity (Wildman–Crippen MR) is 65.3 cm³/mol. The van der Waals surface area contributed by atoms with Crippen molar-refractivity contribution < 1.29 is 19.7 Å². The third-order valence-electron chi connectivity index (χ3n) is 2.96. The maximum absolute atomic E-state index is 11.8. The molecular weight excluding hydrogens is 234 g/mol. The molecule has 1 aromatic carbocycles. The van der Waals surface area contributed by atoms with Crippen LogP contribution >= 0.6 is 0 Å². The van der Waals surface area contributed by atoms with E-state index in [1.807, 2.05) is 25.1 Å². The first kappa shape index (κ1) is 12.9. The van der Waals surface area contributed by atoms with E-state index >= 15 is 0 Å². The fourth-order valence-electron chi connectivity index (χ4n) is 1.91. The summed E-state index contributed by atoms with van der Waals surface area (Å²) < 4.78 is 5.38. The average Bonchev–Trinajstić information content (AvgIpc) is 2.67. The molecule has 1 fully saturated rings. The van der Waals surface area contributed by atoms with Gasteiger partial charge >= 0.3 is 0 Å². The van der Waals surface area contributed by atoms with Crippen molar-refractivity contribution in [3.63, 3.8) is 0 Å². The lowest BCUT2D eigenvalue weighted by molar-refractivity contribution is -0.132. The summed E-state index contributed by atoms with van der Waals surface area (Å²) in [7, 11) is 0. The molecule has 1 aliphatic rings. The normalized spacial score (nSPS) is 23.2. The molecule has 0 radical (unpaired) electrons. The maximum atomic E-state index is 11.8. The van der Waals surface area contributed by atoms with Crippen LogP contribution in [0.2, 0.25) is 0 Å². The predicted octanol–water partition coefficient (Wildman–Crippen LogP) is -0.0622. The monoisotopic (exact) mass is 251 g/mol. The van der Waals surface area contributed by atoms with E-state index in [0.717, 1.165) is 5.56 Å². The van der Waals surface area contributed by atoms with E-state index in [9.17, 15) is 15.0 Å². The molecule has 0 aliphatic carbocycles. The number of benzene rings is 1. The summed E-state index contributed by atoms with van der Waals surface area (Å²) >= 11 is 0. The number of amides is 1. The number of β-amino-alcohol motifs (C(OH)–C–C–N with tert-alkyl or cyclic N) is 2. The van der Waals surface area contributed by atoms with Crippen molar-refractivity contribution in [1.29, 1.82) is 0 Å². The van der Waals surface area contributed by atoms with Gasteiger partial charge in [0, 0.05) is 13.1 Å². The van der Waals surface area contributed by atoms with Crippen molar-refractivity contribution in [2.45, 2.75) is 19.1 Å². The van der Waals surface area contributed by atoms with E-state index in [-0.39, 0.29) is 25.6 Å². The lowest BCUT2D eigenvalue weighted by Gasteiger charge is -2.15. The van der Waals surface area contributed by atoms with Gasteiger partial charge in [-0.15, -0.1) is 0 Å². The van der Waals surface area contributed by atoms with Crippen LogP contribution in [0.15, 0.2) is 24.3 Å². The second-order valence-corrected chi connectivity index (χ2v) is 4.54. The zero-order valence-corrected chi connectivity index (χ0v) is 10.2. The molecule has 5 nitrogen and oxygen atoms in total. The largest absolute Gasteiger partial charge is 0.484 e. The van der Waals surface area contributed by atoms with Crippen molar-refractivity contribution in [1.82, 2.24) is 4.90 Å². The van der Waals surface area contributed by atoms with Crippen molar-refractivity contribution in [2.24, 2.45) is 0 Å². The maximum Gasteiger partial charge on any atom is 0.260 e. The number of rotatable bonds is 3. The molecule has 0 aromatic heterocycles. The van der Waals surface area contributed by atoms with Crippen LogP contribution in [0, 0.1) is 6.92 Å². The number of hydrogen-bond acceptors (Lipinski definition) is 4. The number of hydrogen-bond donors (Lipinski definition) is 2. The highest BCUT2D eigenvalue weighted by molar-refractivity contribution is 5.78. The minimum absolute atomic E-state index is 0.0805. The average molecular weight is 251 g/mol. The van der Waals surface area contributed by atoms with Crippen molar-refractivity contribution in [2.75, 3.05) is 19.7 Å². The van der Waals surface area contributed by atoms with Gasteiger partial charge in [-0.05, 0) is 24.6 Å². The molecule has 98 valence electrons. The summed E-state index contributed by atoms with van der Waals surface area (Å²) in [6, 6.07) is 7.44. The van der Waals surface area contributed by atoms with Crippen LogP contribution in [-0.2, 0) is 4.79 Å². The minimum Gasteiger partial charge on any atom is -0.484 e. The molecule has 2 unspecified atom stereocenters. The Morgan fingerprint density at radius 2 is 2.06 bits per heavy atom. The zero-order valence-electron chi connectivity index (χ0n) is 10.2. The van der Waals surface area contributed by atoms with Gasteiger partial charge in [0.25, 0.3) is 5.91 Å². The highest BCUT2D eigenvalue weighted by Crippen LogP contribution is 2.14. The Bertz CT molecular complexity index is 425. The third kappa shape index (κ3) is 3.00. The van der Waals surface area contributed by atoms with Gasteiger partial charge in [-0.1, -0.05) is 12.1 Å². The Morgan fingerprint density at radius 3 is 2.67 bits per heavy atom. The first-order valence-corrected chi connectivity index (χ1v) is 5.89. The lowest BCUT2D eigenvalue weighted by atomic mass is 10.2. The zero-order chi connectivity index (χ0) is 13.1. The highest BCUT2D eigenvalue weighted by atomic mass is 16.5. The summed E-state index contributed by atoms with van der Waals surface area (Å²) in [4.78, 5) is 13.2. The number of ether oxygens (including phenoxy) is 1. The van der Waals surface area contributed by atoms with E-state index < -0.39 is 12.2 Å². The smallest absolute Gasteiger partial charge is 0.260 e. The molecular formula is C13H17NO4. The number of aliphatic hydroxyl groups excluding tert-OH is 2. The number of aryl methyl sites for hydroxylation is 1. The topological polar surface area (TPSA) is 70.0 Å². The number of carbonyl (C=O) groups excluding carboxylic acids is 1. The van der Waals surface area contributed by atoms with Gasteiger partial charge in [0.05, 0.1) is 12.2 Å². The van der Waals surface area contributed by atoms with Crippen LogP contribution in [0.4, 0.5) is 0 Å². The molecule has 2 atom stereocenters. The molecule has 1 saturated heterocycles. The fourth-order valence-corrected chi connectivity index (χ4v) is 1.91. The Balaban J connectivity index is 1.85. The van der Waals surface area contributed by atoms with Gasteiger partial charge in [-0.25, -0.2) is 0 Å². The Kier molecular flexibility index (Phi) is 3.84. The molecule has 1 heterocycles. The van der Waals surface area contributed by atoms with Crippen LogP contribution < -0.4 is 4.74 Å². The Morgan fingerprint density at radius 1 is 1.39 bits per heavy atom. The van der Waals surface area contributed by atoms with Gasteiger partial charge < -0.3 is 19.8 Å². The second-order valence-electron chi connectivity index (χ2n) is 4.54. The molecule has 1 amide bonds. The van der Waals surface area contributed by atoms with Crippen molar-refractivity contribution >= 4 is 5.91 Å². The molecule has 5 heteroatoms. The van der Waals surface area contributed by atoms with E-state index in [0.29, 0.717) is 5.75 Å². The van der Waals surface area contributed by atoms with Gasteiger partial charge in [0.2, 0.25) is 0 Å². The first-order chi connectivity index (χ1) is 8.56. The number of nitrogens with zero attached hydrogens (tertiary/aromatic N) is 1. The molecule has 1 aliphatic heterocycles. The minimum atomic E-state index is -0.854. The Labute approximate surface area is 106 Å². The molecule has 2 N–H and O–H groups in total. The number of likely N-dealkylation sites (tertiary alicyclic amines) is 1. The van der Waals surface area contributed by atoms with Gasteiger partial charge in [0.1, 0.15) is 5.75 Å². The second kappa shape index (κ2) is 5.37. The van der Waals surface area contributed by atoms with Crippen LogP contribution in [0.25, 0.3) is 0 Å².